The zero-order valence-corrected chi connectivity index (χ0v) is 24.4. The van der Waals surface area contributed by atoms with Gasteiger partial charge >= 0.3 is 0 Å². The Morgan fingerprint density at radius 3 is 2.59 bits per heavy atom. The first-order valence-corrected chi connectivity index (χ1v) is 15.2. The highest BCUT2D eigenvalue weighted by Gasteiger charge is 2.45. The standard InChI is InChI=1S/C29H43N5O4S/c1-18(2)15-26(35)33-13-11-21-9-10-24(28(37)32-23-12-14-39-25-8-6-5-7-22(23)25)34(21)29(38)20(17-33)16-31-27(36)19(3)30-4/h5-8,18-21,23-24,30H,9-17H2,1-4H3,(H,31,36)(H,32,37)/t19-,20-,21+,23?,24-/m0/s1. The van der Waals surface area contributed by atoms with Gasteiger partial charge in [0.25, 0.3) is 0 Å². The number of carbonyl (C=O) groups is 4. The number of hydrogen-bond donors (Lipinski definition) is 3. The fourth-order valence-corrected chi connectivity index (χ4v) is 6.96. The first kappa shape index (κ1) is 29.4. The summed E-state index contributed by atoms with van der Waals surface area (Å²) in [5.74, 6) is 0.102. The van der Waals surface area contributed by atoms with Crippen LogP contribution >= 0.6 is 11.8 Å². The average Bonchev–Trinajstić information content (AvgIpc) is 3.34. The second kappa shape index (κ2) is 13.2. The van der Waals surface area contributed by atoms with E-state index in [2.05, 4.69) is 28.1 Å². The Balaban J connectivity index is 1.52. The Bertz CT molecular complexity index is 1070. The summed E-state index contributed by atoms with van der Waals surface area (Å²) in [7, 11) is 1.71. The molecule has 0 spiro atoms. The van der Waals surface area contributed by atoms with Crippen molar-refractivity contribution >= 4 is 35.4 Å². The van der Waals surface area contributed by atoms with Crippen LogP contribution in [0.3, 0.4) is 0 Å². The van der Waals surface area contributed by atoms with Gasteiger partial charge in [-0.05, 0) is 57.2 Å². The maximum Gasteiger partial charge on any atom is 0.243 e. The van der Waals surface area contributed by atoms with Crippen LogP contribution < -0.4 is 16.0 Å². The molecule has 4 rings (SSSR count). The molecule has 3 N–H and O–H groups in total. The van der Waals surface area contributed by atoms with Crippen LogP contribution in [0.25, 0.3) is 0 Å². The molecule has 0 bridgehead atoms. The van der Waals surface area contributed by atoms with Crippen molar-refractivity contribution in [3.63, 3.8) is 0 Å². The molecule has 4 amide bonds. The SMILES string of the molecule is CN[C@@H](C)C(=O)NC[C@H]1CN(C(=O)CC(C)C)CC[C@H]2CC[C@@H](C(=O)NC3CCSc4ccccc43)N2C1=O. The monoisotopic (exact) mass is 557 g/mol. The third-order valence-corrected chi connectivity index (χ3v) is 9.26. The molecule has 0 aliphatic carbocycles. The van der Waals surface area contributed by atoms with Crippen molar-refractivity contribution in [2.75, 3.05) is 32.4 Å². The Morgan fingerprint density at radius 2 is 1.85 bits per heavy atom. The zero-order chi connectivity index (χ0) is 28.1. The van der Waals surface area contributed by atoms with Crippen molar-refractivity contribution in [1.82, 2.24) is 25.8 Å². The lowest BCUT2D eigenvalue weighted by atomic mass is 10.00. The van der Waals surface area contributed by atoms with Crippen LogP contribution in [0.1, 0.15) is 64.5 Å². The number of hydrogen-bond acceptors (Lipinski definition) is 6. The molecular formula is C29H43N5O4S. The molecule has 39 heavy (non-hydrogen) atoms. The minimum absolute atomic E-state index is 0.0345. The molecule has 2 saturated heterocycles. The normalized spacial score (nSPS) is 25.8. The van der Waals surface area contributed by atoms with Crippen LogP contribution in [0.2, 0.25) is 0 Å². The fraction of sp³-hybridized carbons (Fsp3) is 0.655. The van der Waals surface area contributed by atoms with E-state index in [1.165, 1.54) is 4.90 Å². The number of thioether (sulfide) groups is 1. The lowest BCUT2D eigenvalue weighted by Crippen LogP contribution is -2.57. The minimum Gasteiger partial charge on any atom is -0.354 e. The van der Waals surface area contributed by atoms with E-state index in [0.29, 0.717) is 25.8 Å². The molecule has 1 aromatic rings. The number of fused-ring (bicyclic) bond motifs is 2. The topological polar surface area (TPSA) is 111 Å². The predicted octanol–water partition coefficient (Wildman–Crippen LogP) is 2.32. The molecule has 3 aliphatic rings. The quantitative estimate of drug-likeness (QED) is 0.453. The van der Waals surface area contributed by atoms with Crippen LogP contribution in [0.5, 0.6) is 0 Å². The molecule has 1 aromatic carbocycles. The Kier molecular flexibility index (Phi) is 9.93. The molecule has 1 unspecified atom stereocenters. The summed E-state index contributed by atoms with van der Waals surface area (Å²) in [6.07, 6.45) is 3.25. The molecular weight excluding hydrogens is 514 g/mol. The summed E-state index contributed by atoms with van der Waals surface area (Å²) < 4.78 is 0. The van der Waals surface area contributed by atoms with Crippen molar-refractivity contribution in [3.8, 4) is 0 Å². The van der Waals surface area contributed by atoms with Crippen molar-refractivity contribution < 1.29 is 19.2 Å². The lowest BCUT2D eigenvalue weighted by molar-refractivity contribution is -0.147. The van der Waals surface area contributed by atoms with Crippen molar-refractivity contribution in [1.29, 1.82) is 0 Å². The molecule has 2 fully saturated rings. The number of likely N-dealkylation sites (N-methyl/N-ethyl adjacent to an activating group) is 1. The first-order valence-electron chi connectivity index (χ1n) is 14.3. The van der Waals surface area contributed by atoms with Gasteiger partial charge in [-0.25, -0.2) is 0 Å². The molecule has 214 valence electrons. The molecule has 5 atom stereocenters. The highest BCUT2D eigenvalue weighted by atomic mass is 32.2. The third kappa shape index (κ3) is 6.95. The highest BCUT2D eigenvalue weighted by molar-refractivity contribution is 7.99. The van der Waals surface area contributed by atoms with Gasteiger partial charge in [0.1, 0.15) is 6.04 Å². The average molecular weight is 558 g/mol. The number of rotatable bonds is 8. The van der Waals surface area contributed by atoms with Gasteiger partial charge in [0.05, 0.1) is 18.0 Å². The predicted molar refractivity (Wildman–Crippen MR) is 152 cm³/mol. The van der Waals surface area contributed by atoms with Crippen LogP contribution in [0, 0.1) is 11.8 Å². The summed E-state index contributed by atoms with van der Waals surface area (Å²) in [6, 6.07) is 7.05. The van der Waals surface area contributed by atoms with Crippen LogP contribution in [0.15, 0.2) is 29.2 Å². The van der Waals surface area contributed by atoms with E-state index in [0.717, 1.165) is 24.2 Å². The van der Waals surface area contributed by atoms with Crippen molar-refractivity contribution in [2.24, 2.45) is 11.8 Å². The van der Waals surface area contributed by atoms with Gasteiger partial charge in [0, 0.05) is 42.7 Å². The lowest BCUT2D eigenvalue weighted by Gasteiger charge is -2.39. The molecule has 3 aliphatic heterocycles. The first-order chi connectivity index (χ1) is 18.7. The largest absolute Gasteiger partial charge is 0.354 e. The van der Waals surface area contributed by atoms with Gasteiger partial charge < -0.3 is 25.8 Å². The number of nitrogens with one attached hydrogen (secondary N) is 3. The Hall–Kier alpha value is -2.59. The van der Waals surface area contributed by atoms with Gasteiger partial charge in [-0.1, -0.05) is 32.0 Å². The zero-order valence-electron chi connectivity index (χ0n) is 23.6. The van der Waals surface area contributed by atoms with Gasteiger partial charge in [-0.15, -0.1) is 11.8 Å². The van der Waals surface area contributed by atoms with Crippen LogP contribution in [-0.2, 0) is 19.2 Å². The maximum absolute atomic E-state index is 14.1. The number of benzene rings is 1. The van der Waals surface area contributed by atoms with Gasteiger partial charge in [0.2, 0.25) is 23.6 Å². The fourth-order valence-electron chi connectivity index (χ4n) is 5.83. The molecule has 0 radical (unpaired) electrons. The van der Waals surface area contributed by atoms with E-state index in [9.17, 15) is 19.2 Å². The number of amides is 4. The van der Waals surface area contributed by atoms with Crippen molar-refractivity contribution in [3.05, 3.63) is 29.8 Å². The van der Waals surface area contributed by atoms with Crippen LogP contribution in [0.4, 0.5) is 0 Å². The van der Waals surface area contributed by atoms with Gasteiger partial charge in [0.15, 0.2) is 0 Å². The summed E-state index contributed by atoms with van der Waals surface area (Å²) >= 11 is 1.81. The second-order valence-corrected chi connectivity index (χ2v) is 12.5. The Labute approximate surface area is 236 Å². The smallest absolute Gasteiger partial charge is 0.243 e. The van der Waals surface area contributed by atoms with E-state index in [1.54, 1.807) is 35.5 Å². The molecule has 3 heterocycles. The maximum atomic E-state index is 14.1. The van der Waals surface area contributed by atoms with E-state index in [-0.39, 0.29) is 54.7 Å². The molecule has 10 heteroatoms. The number of carbonyl (C=O) groups excluding carboxylic acids is 4. The van der Waals surface area contributed by atoms with Crippen molar-refractivity contribution in [2.45, 2.75) is 81.9 Å². The number of nitrogens with zero attached hydrogens (tertiary/aromatic N) is 2. The van der Waals surface area contributed by atoms with Crippen LogP contribution in [-0.4, -0.2) is 84.0 Å². The van der Waals surface area contributed by atoms with Gasteiger partial charge in [-0.2, -0.15) is 0 Å². The van der Waals surface area contributed by atoms with E-state index >= 15 is 0 Å². The summed E-state index contributed by atoms with van der Waals surface area (Å²) in [6.45, 7) is 6.68. The summed E-state index contributed by atoms with van der Waals surface area (Å²) in [5, 5.41) is 9.06. The third-order valence-electron chi connectivity index (χ3n) is 8.14. The van der Waals surface area contributed by atoms with E-state index in [1.807, 2.05) is 26.0 Å². The second-order valence-electron chi connectivity index (χ2n) is 11.4. The molecule has 0 saturated carbocycles. The van der Waals surface area contributed by atoms with Gasteiger partial charge in [-0.3, -0.25) is 19.2 Å². The Morgan fingerprint density at radius 1 is 1.08 bits per heavy atom. The van der Waals surface area contributed by atoms with E-state index < -0.39 is 18.0 Å². The summed E-state index contributed by atoms with van der Waals surface area (Å²) in [5.41, 5.74) is 1.13. The molecule has 9 nitrogen and oxygen atoms in total. The molecule has 0 aromatic heterocycles. The summed E-state index contributed by atoms with van der Waals surface area (Å²) in [4.78, 5) is 58.0. The van der Waals surface area contributed by atoms with E-state index in [4.69, 9.17) is 0 Å². The highest BCUT2D eigenvalue weighted by Crippen LogP contribution is 2.37. The minimum atomic E-state index is -0.614.